The van der Waals surface area contributed by atoms with Gasteiger partial charge in [0.2, 0.25) is 5.60 Å². The Kier molecular flexibility index (Phi) is 9.44. The van der Waals surface area contributed by atoms with E-state index in [-0.39, 0.29) is 10.9 Å². The van der Waals surface area contributed by atoms with E-state index in [4.69, 9.17) is 9.47 Å². The van der Waals surface area contributed by atoms with E-state index in [2.05, 4.69) is 0 Å². The number of ether oxygens (including phenoxy) is 2. The SMILES string of the molecule is CC(CS(=O)(=O)[O-])(OC(=O)C12CC3CC(CC(C3)C1)C2)C(F)(F)F.FC(F)(F)COc1ccc([S+]2CCCC2)c2ccccc12. The van der Waals surface area contributed by atoms with Crippen molar-refractivity contribution in [3.63, 3.8) is 0 Å². The second-order valence-corrected chi connectivity index (χ2v) is 16.8. The summed E-state index contributed by atoms with van der Waals surface area (Å²) in [6, 6.07) is 11.2. The van der Waals surface area contributed by atoms with Crippen molar-refractivity contribution in [3.8, 4) is 5.75 Å². The molecule has 1 unspecified atom stereocenters. The maximum Gasteiger partial charge on any atom is 0.429 e. The van der Waals surface area contributed by atoms with E-state index in [1.165, 1.54) is 29.2 Å². The first-order valence-corrected chi connectivity index (χ1v) is 18.1. The highest BCUT2D eigenvalue weighted by molar-refractivity contribution is 7.97. The van der Waals surface area contributed by atoms with Gasteiger partial charge in [0.25, 0.3) is 0 Å². The van der Waals surface area contributed by atoms with Gasteiger partial charge >= 0.3 is 18.3 Å². The lowest BCUT2D eigenvalue weighted by atomic mass is 9.49. The predicted molar refractivity (Wildman–Crippen MR) is 156 cm³/mol. The molecule has 4 aliphatic carbocycles. The van der Waals surface area contributed by atoms with Crippen molar-refractivity contribution in [3.05, 3.63) is 36.4 Å². The van der Waals surface area contributed by atoms with Crippen LogP contribution in [-0.2, 0) is 30.5 Å². The van der Waals surface area contributed by atoms with Crippen LogP contribution in [0.25, 0.3) is 10.8 Å². The second-order valence-electron chi connectivity index (χ2n) is 13.1. The van der Waals surface area contributed by atoms with E-state index in [1.54, 1.807) is 6.07 Å². The van der Waals surface area contributed by atoms with Crippen LogP contribution >= 0.6 is 0 Å². The monoisotopic (exact) mass is 682 g/mol. The normalized spacial score (nSPS) is 28.0. The highest BCUT2D eigenvalue weighted by Crippen LogP contribution is 2.61. The minimum absolute atomic E-state index is 0.228. The number of carbonyl (C=O) groups excluding carboxylic acids is 1. The van der Waals surface area contributed by atoms with Crippen molar-refractivity contribution in [2.24, 2.45) is 23.2 Å². The molecule has 250 valence electrons. The third kappa shape index (κ3) is 7.86. The Labute approximate surface area is 261 Å². The quantitative estimate of drug-likeness (QED) is 0.133. The fourth-order valence-electron chi connectivity index (χ4n) is 7.84. The summed E-state index contributed by atoms with van der Waals surface area (Å²) in [4.78, 5) is 13.9. The van der Waals surface area contributed by atoms with E-state index in [9.17, 15) is 44.1 Å². The largest absolute Gasteiger partial charge is 0.748 e. The van der Waals surface area contributed by atoms with E-state index >= 15 is 0 Å². The molecule has 1 saturated heterocycles. The van der Waals surface area contributed by atoms with E-state index < -0.39 is 51.8 Å². The molecule has 4 bridgehead atoms. The minimum atomic E-state index is -5.21. The summed E-state index contributed by atoms with van der Waals surface area (Å²) in [5.41, 5.74) is -4.26. The Hall–Kier alpha value is -2.19. The van der Waals surface area contributed by atoms with Gasteiger partial charge in [-0.05, 0) is 94.2 Å². The van der Waals surface area contributed by atoms with Crippen LogP contribution in [-0.4, -0.2) is 60.8 Å². The summed E-state index contributed by atoms with van der Waals surface area (Å²) in [5.74, 6) is 0.860. The summed E-state index contributed by atoms with van der Waals surface area (Å²) in [7, 11) is -4.99. The Morgan fingerprint density at radius 1 is 0.911 bits per heavy atom. The first-order valence-electron chi connectivity index (χ1n) is 15.0. The molecule has 5 fully saturated rings. The number of benzene rings is 2. The Morgan fingerprint density at radius 3 is 1.93 bits per heavy atom. The molecule has 0 amide bonds. The Bertz CT molecular complexity index is 1470. The van der Waals surface area contributed by atoms with Gasteiger partial charge in [-0.15, -0.1) is 0 Å². The molecule has 2 aromatic carbocycles. The zero-order valence-corrected chi connectivity index (χ0v) is 26.3. The van der Waals surface area contributed by atoms with Gasteiger partial charge in [-0.25, -0.2) is 8.42 Å². The van der Waals surface area contributed by atoms with Gasteiger partial charge < -0.3 is 14.0 Å². The van der Waals surface area contributed by atoms with Crippen LogP contribution < -0.4 is 4.74 Å². The molecule has 7 rings (SSSR count). The third-order valence-corrected chi connectivity index (χ3v) is 12.9. The smallest absolute Gasteiger partial charge is 0.429 e. The van der Waals surface area contributed by atoms with Crippen LogP contribution in [0.4, 0.5) is 26.3 Å². The second kappa shape index (κ2) is 12.4. The summed E-state index contributed by atoms with van der Waals surface area (Å²) in [5, 5.41) is 1.81. The van der Waals surface area contributed by atoms with Crippen molar-refractivity contribution >= 4 is 37.8 Å². The molecule has 14 heteroatoms. The van der Waals surface area contributed by atoms with Crippen LogP contribution in [0.2, 0.25) is 0 Å². The van der Waals surface area contributed by atoms with Crippen LogP contribution in [0, 0.1) is 23.2 Å². The van der Waals surface area contributed by atoms with E-state index in [0.29, 0.717) is 49.7 Å². The molecule has 5 aliphatic rings. The number of hydrogen-bond donors (Lipinski definition) is 0. The van der Waals surface area contributed by atoms with Gasteiger partial charge in [-0.2, -0.15) is 26.3 Å². The molecular formula is C31H36F6O6S2. The summed E-state index contributed by atoms with van der Waals surface area (Å²) >= 11 is 0. The highest BCUT2D eigenvalue weighted by atomic mass is 32.2. The van der Waals surface area contributed by atoms with E-state index in [1.807, 2.05) is 30.3 Å². The van der Waals surface area contributed by atoms with Gasteiger partial charge in [0, 0.05) is 21.7 Å². The standard InChI is InChI=1S/C16H16F3OS.C15H21F3O5S/c17-16(18,19)11-20-14-7-8-15(21-9-3-4-10-21)13-6-2-1-5-12(13)14;1-13(15(16,17)18,8-24(20,21)22)23-12(19)14-5-9-2-10(6-14)4-11(3-9)7-14/h1-2,5-8H,3-4,9-11H2;9-11H,2-8H2,1H3,(H,20,21,22)/q+1;/p-1. The maximum atomic E-state index is 13.3. The predicted octanol–water partition coefficient (Wildman–Crippen LogP) is 7.16. The lowest BCUT2D eigenvalue weighted by molar-refractivity contribution is -0.264. The minimum Gasteiger partial charge on any atom is -0.748 e. The zero-order valence-electron chi connectivity index (χ0n) is 24.7. The Balaban J connectivity index is 0.000000179. The Morgan fingerprint density at radius 2 is 1.44 bits per heavy atom. The van der Waals surface area contributed by atoms with E-state index in [0.717, 1.165) is 30.0 Å². The first kappa shape index (κ1) is 34.2. The van der Waals surface area contributed by atoms with Gasteiger partial charge in [-0.3, -0.25) is 4.79 Å². The zero-order chi connectivity index (χ0) is 32.8. The molecule has 2 aromatic rings. The summed E-state index contributed by atoms with van der Waals surface area (Å²) in [6.45, 7) is -0.789. The molecule has 0 aromatic heterocycles. The van der Waals surface area contributed by atoms with Gasteiger partial charge in [0.1, 0.15) is 17.3 Å². The lowest BCUT2D eigenvalue weighted by Gasteiger charge is -2.55. The highest BCUT2D eigenvalue weighted by Gasteiger charge is 2.61. The summed E-state index contributed by atoms with van der Waals surface area (Å²) < 4.78 is 119. The van der Waals surface area contributed by atoms with Crippen molar-refractivity contribution in [2.75, 3.05) is 23.9 Å². The molecule has 4 saturated carbocycles. The van der Waals surface area contributed by atoms with Crippen molar-refractivity contribution < 1.29 is 53.6 Å². The van der Waals surface area contributed by atoms with Crippen molar-refractivity contribution in [1.82, 2.24) is 0 Å². The number of fused-ring (bicyclic) bond motifs is 1. The molecule has 1 heterocycles. The number of esters is 1. The van der Waals surface area contributed by atoms with Crippen molar-refractivity contribution in [2.45, 2.75) is 81.1 Å². The van der Waals surface area contributed by atoms with Gasteiger partial charge in [0.05, 0.1) is 21.3 Å². The number of rotatable bonds is 7. The molecule has 6 nitrogen and oxygen atoms in total. The average molecular weight is 683 g/mol. The molecule has 0 spiro atoms. The van der Waals surface area contributed by atoms with Crippen LogP contribution in [0.15, 0.2) is 41.3 Å². The van der Waals surface area contributed by atoms with Gasteiger partial charge in [-0.1, -0.05) is 18.2 Å². The number of halogens is 6. The van der Waals surface area contributed by atoms with Gasteiger partial charge in [0.15, 0.2) is 11.5 Å². The first-order chi connectivity index (χ1) is 20.9. The molecular weight excluding hydrogens is 646 g/mol. The summed E-state index contributed by atoms with van der Waals surface area (Å²) in [6.07, 6.45) is -2.49. The van der Waals surface area contributed by atoms with Crippen LogP contribution in [0.1, 0.15) is 58.3 Å². The molecule has 1 atom stereocenters. The van der Waals surface area contributed by atoms with Crippen LogP contribution in [0.5, 0.6) is 5.75 Å². The third-order valence-electron chi connectivity index (χ3n) is 9.42. The maximum absolute atomic E-state index is 13.3. The lowest BCUT2D eigenvalue weighted by Crippen LogP contribution is -2.56. The fraction of sp³-hybridized carbons (Fsp3) is 0.645. The topological polar surface area (TPSA) is 92.7 Å². The average Bonchev–Trinajstić information content (AvgIpc) is 3.44. The van der Waals surface area contributed by atoms with Crippen molar-refractivity contribution in [1.29, 1.82) is 0 Å². The molecule has 0 radical (unpaired) electrons. The van der Waals surface area contributed by atoms with Crippen LogP contribution in [0.3, 0.4) is 0 Å². The number of alkyl halides is 6. The molecule has 45 heavy (non-hydrogen) atoms. The molecule has 0 N–H and O–H groups in total. The fourth-order valence-corrected chi connectivity index (χ4v) is 11.2. The number of carbonyl (C=O) groups is 1. The number of hydrogen-bond acceptors (Lipinski definition) is 6. The molecule has 1 aliphatic heterocycles.